The Morgan fingerprint density at radius 3 is 2.20 bits per heavy atom. The third-order valence-corrected chi connectivity index (χ3v) is 5.26. The predicted molar refractivity (Wildman–Crippen MR) is 98.0 cm³/mol. The van der Waals surface area contributed by atoms with Crippen molar-refractivity contribution in [3.05, 3.63) is 83.9 Å². The molecule has 1 saturated heterocycles. The maximum atomic E-state index is 12.7. The topological polar surface area (TPSA) is 29.5 Å². The van der Waals surface area contributed by atoms with Gasteiger partial charge in [-0.25, -0.2) is 0 Å². The van der Waals surface area contributed by atoms with Crippen molar-refractivity contribution in [1.29, 1.82) is 0 Å². The summed E-state index contributed by atoms with van der Waals surface area (Å²) >= 11 is 0. The average Bonchev–Trinajstić information content (AvgIpc) is 3.26. The Morgan fingerprint density at radius 2 is 1.64 bits per heavy atom. The molecule has 1 heterocycles. The molecule has 0 aromatic heterocycles. The van der Waals surface area contributed by atoms with Crippen molar-refractivity contribution < 1.29 is 9.53 Å². The average molecular weight is 333 g/mol. The van der Waals surface area contributed by atoms with Gasteiger partial charge in [0, 0.05) is 12.0 Å². The smallest absolute Gasteiger partial charge is 0.324 e. The number of benzene rings is 2. The summed E-state index contributed by atoms with van der Waals surface area (Å²) in [5.74, 6) is 0.148. The van der Waals surface area contributed by atoms with Gasteiger partial charge in [-0.05, 0) is 24.5 Å². The van der Waals surface area contributed by atoms with Gasteiger partial charge in [-0.15, -0.1) is 0 Å². The van der Waals surface area contributed by atoms with E-state index in [1.165, 1.54) is 11.1 Å². The second-order valence-electron chi connectivity index (χ2n) is 6.72. The van der Waals surface area contributed by atoms with Crippen LogP contribution in [0.15, 0.2) is 72.8 Å². The molecule has 0 N–H and O–H groups in total. The molecule has 0 saturated carbocycles. The van der Waals surface area contributed by atoms with Crippen LogP contribution in [0.3, 0.4) is 0 Å². The zero-order valence-electron chi connectivity index (χ0n) is 14.4. The van der Waals surface area contributed by atoms with Crippen molar-refractivity contribution in [2.75, 3.05) is 6.61 Å². The number of nitrogens with zero attached hydrogens (tertiary/aromatic N) is 1. The summed E-state index contributed by atoms with van der Waals surface area (Å²) in [7, 11) is 0. The standard InChI is InChI=1S/C22H23NO2/c1-2-25-22(24)21-18-13-14-19(15-18)23(21)20(16-9-5-3-6-10-16)17-11-7-4-8-12-17/h3-14,18-21H,2,15H2,1H3. The number of esters is 1. The summed E-state index contributed by atoms with van der Waals surface area (Å²) < 4.78 is 5.42. The van der Waals surface area contributed by atoms with Crippen LogP contribution in [0.5, 0.6) is 0 Å². The van der Waals surface area contributed by atoms with Gasteiger partial charge in [0.25, 0.3) is 0 Å². The molecule has 2 aliphatic rings. The molecule has 25 heavy (non-hydrogen) atoms. The molecule has 2 aromatic carbocycles. The molecule has 1 aliphatic heterocycles. The predicted octanol–water partition coefficient (Wildman–Crippen LogP) is 3.97. The Morgan fingerprint density at radius 1 is 1.04 bits per heavy atom. The van der Waals surface area contributed by atoms with Gasteiger partial charge in [-0.1, -0.05) is 72.8 Å². The first-order valence-corrected chi connectivity index (χ1v) is 9.02. The highest BCUT2D eigenvalue weighted by molar-refractivity contribution is 5.78. The van der Waals surface area contributed by atoms with Crippen LogP contribution in [0, 0.1) is 5.92 Å². The van der Waals surface area contributed by atoms with Crippen molar-refractivity contribution in [3.8, 4) is 0 Å². The lowest BCUT2D eigenvalue weighted by Gasteiger charge is -2.38. The third-order valence-electron chi connectivity index (χ3n) is 5.26. The molecule has 128 valence electrons. The molecule has 3 nitrogen and oxygen atoms in total. The van der Waals surface area contributed by atoms with Crippen molar-refractivity contribution in [2.45, 2.75) is 31.5 Å². The van der Waals surface area contributed by atoms with Gasteiger partial charge in [0.2, 0.25) is 0 Å². The first-order chi connectivity index (χ1) is 12.3. The van der Waals surface area contributed by atoms with Crippen LogP contribution in [0.4, 0.5) is 0 Å². The van der Waals surface area contributed by atoms with Crippen molar-refractivity contribution in [1.82, 2.24) is 4.90 Å². The molecule has 1 fully saturated rings. The highest BCUT2D eigenvalue weighted by atomic mass is 16.5. The molecule has 3 heteroatoms. The van der Waals surface area contributed by atoms with Crippen molar-refractivity contribution in [3.63, 3.8) is 0 Å². The van der Waals surface area contributed by atoms with Crippen LogP contribution >= 0.6 is 0 Å². The van der Waals surface area contributed by atoms with E-state index in [9.17, 15) is 4.79 Å². The first kappa shape index (κ1) is 16.1. The van der Waals surface area contributed by atoms with Crippen LogP contribution in [0.2, 0.25) is 0 Å². The fourth-order valence-electron chi connectivity index (χ4n) is 4.27. The van der Waals surface area contributed by atoms with Gasteiger partial charge in [0.15, 0.2) is 0 Å². The second-order valence-corrected chi connectivity index (χ2v) is 6.72. The molecule has 0 radical (unpaired) electrons. The summed E-state index contributed by atoms with van der Waals surface area (Å²) in [6.07, 6.45) is 5.44. The normalized spacial score (nSPS) is 24.8. The Bertz CT molecular complexity index is 717. The van der Waals surface area contributed by atoms with E-state index in [0.717, 1.165) is 6.42 Å². The lowest BCUT2D eigenvalue weighted by Crippen LogP contribution is -2.47. The van der Waals surface area contributed by atoms with Crippen LogP contribution in [-0.2, 0) is 9.53 Å². The molecule has 3 atom stereocenters. The molecule has 4 rings (SSSR count). The van der Waals surface area contributed by atoms with Gasteiger partial charge >= 0.3 is 5.97 Å². The number of hydrogen-bond donors (Lipinski definition) is 0. The zero-order valence-corrected chi connectivity index (χ0v) is 14.4. The number of hydrogen-bond acceptors (Lipinski definition) is 3. The minimum Gasteiger partial charge on any atom is -0.465 e. The molecule has 1 aliphatic carbocycles. The molecular formula is C22H23NO2. The number of likely N-dealkylation sites (tertiary alicyclic amines) is 1. The fraction of sp³-hybridized carbons (Fsp3) is 0.318. The summed E-state index contributed by atoms with van der Waals surface area (Å²) in [5, 5.41) is 0. The zero-order chi connectivity index (χ0) is 17.2. The van der Waals surface area contributed by atoms with E-state index in [-0.39, 0.29) is 30.0 Å². The van der Waals surface area contributed by atoms with E-state index in [1.54, 1.807) is 0 Å². The lowest BCUT2D eigenvalue weighted by atomic mass is 9.93. The van der Waals surface area contributed by atoms with Crippen LogP contribution in [0.25, 0.3) is 0 Å². The SMILES string of the molecule is CCOC(=O)C1C2C=CC(C2)N1C(c1ccccc1)c1ccccc1. The summed E-state index contributed by atoms with van der Waals surface area (Å²) in [6, 6.07) is 21.0. The van der Waals surface area contributed by atoms with Crippen LogP contribution < -0.4 is 0 Å². The lowest BCUT2D eigenvalue weighted by molar-refractivity contribution is -0.150. The minimum absolute atomic E-state index is 0.0526. The fourth-order valence-corrected chi connectivity index (χ4v) is 4.27. The maximum absolute atomic E-state index is 12.7. The van der Waals surface area contributed by atoms with E-state index in [1.807, 2.05) is 19.1 Å². The van der Waals surface area contributed by atoms with Gasteiger partial charge in [-0.2, -0.15) is 0 Å². The first-order valence-electron chi connectivity index (χ1n) is 9.02. The van der Waals surface area contributed by atoms with Gasteiger partial charge in [-0.3, -0.25) is 9.69 Å². The third kappa shape index (κ3) is 2.89. The number of carbonyl (C=O) groups is 1. The highest BCUT2D eigenvalue weighted by Gasteiger charge is 2.50. The summed E-state index contributed by atoms with van der Waals surface area (Å²) in [5.41, 5.74) is 2.42. The quantitative estimate of drug-likeness (QED) is 0.612. The number of fused-ring (bicyclic) bond motifs is 2. The Balaban J connectivity index is 1.78. The molecule has 3 unspecified atom stereocenters. The number of carbonyl (C=O) groups excluding carboxylic acids is 1. The van der Waals surface area contributed by atoms with Gasteiger partial charge in [0.1, 0.15) is 6.04 Å². The molecule has 2 bridgehead atoms. The van der Waals surface area contributed by atoms with E-state index in [0.29, 0.717) is 6.61 Å². The highest BCUT2D eigenvalue weighted by Crippen LogP contribution is 2.45. The molecule has 2 aromatic rings. The monoisotopic (exact) mass is 333 g/mol. The van der Waals surface area contributed by atoms with E-state index in [2.05, 4.69) is 65.6 Å². The van der Waals surface area contributed by atoms with Crippen LogP contribution in [-0.4, -0.2) is 29.6 Å². The maximum Gasteiger partial charge on any atom is 0.324 e. The Kier molecular flexibility index (Phi) is 4.41. The van der Waals surface area contributed by atoms with Gasteiger partial charge in [0.05, 0.1) is 12.6 Å². The van der Waals surface area contributed by atoms with Crippen LogP contribution in [0.1, 0.15) is 30.5 Å². The number of rotatable bonds is 5. The van der Waals surface area contributed by atoms with E-state index >= 15 is 0 Å². The van der Waals surface area contributed by atoms with Crippen molar-refractivity contribution >= 4 is 5.97 Å². The van der Waals surface area contributed by atoms with E-state index < -0.39 is 0 Å². The summed E-state index contributed by atoms with van der Waals surface area (Å²) in [4.78, 5) is 15.1. The summed E-state index contributed by atoms with van der Waals surface area (Å²) in [6.45, 7) is 2.29. The molecule has 0 amide bonds. The minimum atomic E-state index is -0.208. The van der Waals surface area contributed by atoms with Crippen molar-refractivity contribution in [2.24, 2.45) is 5.92 Å². The Labute approximate surface area is 148 Å². The molecule has 0 spiro atoms. The molecular weight excluding hydrogens is 310 g/mol. The largest absolute Gasteiger partial charge is 0.465 e. The van der Waals surface area contributed by atoms with E-state index in [4.69, 9.17) is 4.74 Å². The second kappa shape index (κ2) is 6.85. The van der Waals surface area contributed by atoms with Gasteiger partial charge < -0.3 is 4.74 Å². The number of ether oxygens (including phenoxy) is 1. The Hall–Kier alpha value is -2.39.